The van der Waals surface area contributed by atoms with Crippen LogP contribution in [0.5, 0.6) is 5.75 Å². The maximum atomic E-state index is 13.5. The van der Waals surface area contributed by atoms with Gasteiger partial charge in [-0.15, -0.1) is 0 Å². The number of benzene rings is 3. The molecule has 4 aromatic rings. The molecule has 34 heavy (non-hydrogen) atoms. The molecule has 5 rings (SSSR count). The molecule has 5 N–H and O–H groups in total. The van der Waals surface area contributed by atoms with Crippen molar-refractivity contribution in [2.75, 3.05) is 25.5 Å². The van der Waals surface area contributed by atoms with Crippen LogP contribution in [0.1, 0.15) is 23.2 Å². The third-order valence-electron chi connectivity index (χ3n) is 6.28. The fourth-order valence-corrected chi connectivity index (χ4v) is 4.59. The number of hydrogen-bond acceptors (Lipinski definition) is 4. The zero-order valence-corrected chi connectivity index (χ0v) is 18.8. The number of methoxy groups -OCH3 is 1. The quantitative estimate of drug-likeness (QED) is 0.301. The van der Waals surface area contributed by atoms with E-state index in [1.54, 1.807) is 19.2 Å². The van der Waals surface area contributed by atoms with Crippen LogP contribution in [0.25, 0.3) is 32.9 Å². The van der Waals surface area contributed by atoms with Crippen LogP contribution in [0, 0.1) is 0 Å². The highest BCUT2D eigenvalue weighted by atomic mass is 16.5. The summed E-state index contributed by atoms with van der Waals surface area (Å²) >= 11 is 0. The van der Waals surface area contributed by atoms with Gasteiger partial charge in [0.15, 0.2) is 0 Å². The number of amides is 2. The SMILES string of the molecule is COc1cccc(-c2cc(C(=O)NC3CCNCC3)c3[nH]c4cc(NC(=O)O)ccc4c3c2)c1. The average molecular weight is 459 g/mol. The van der Waals surface area contributed by atoms with Gasteiger partial charge in [0, 0.05) is 28.0 Å². The van der Waals surface area contributed by atoms with Gasteiger partial charge in [-0.1, -0.05) is 18.2 Å². The minimum absolute atomic E-state index is 0.125. The predicted molar refractivity (Wildman–Crippen MR) is 133 cm³/mol. The second-order valence-corrected chi connectivity index (χ2v) is 8.49. The number of piperidine rings is 1. The van der Waals surface area contributed by atoms with Crippen molar-refractivity contribution in [1.82, 2.24) is 15.6 Å². The number of ether oxygens (including phenoxy) is 1. The topological polar surface area (TPSA) is 115 Å². The maximum absolute atomic E-state index is 13.5. The van der Waals surface area contributed by atoms with Crippen molar-refractivity contribution in [3.05, 3.63) is 60.2 Å². The summed E-state index contributed by atoms with van der Waals surface area (Å²) in [7, 11) is 1.63. The molecule has 3 aromatic carbocycles. The lowest BCUT2D eigenvalue weighted by atomic mass is 9.98. The van der Waals surface area contributed by atoms with Gasteiger partial charge in [0.05, 0.1) is 18.2 Å². The molecule has 0 bridgehead atoms. The van der Waals surface area contributed by atoms with Crippen LogP contribution in [-0.2, 0) is 0 Å². The molecule has 0 unspecified atom stereocenters. The highest BCUT2D eigenvalue weighted by Gasteiger charge is 2.21. The van der Waals surface area contributed by atoms with Gasteiger partial charge in [0.25, 0.3) is 5.91 Å². The van der Waals surface area contributed by atoms with E-state index in [1.165, 1.54) is 0 Å². The van der Waals surface area contributed by atoms with E-state index in [9.17, 15) is 9.59 Å². The largest absolute Gasteiger partial charge is 0.497 e. The molecule has 0 atom stereocenters. The van der Waals surface area contributed by atoms with E-state index < -0.39 is 6.09 Å². The first-order valence-corrected chi connectivity index (χ1v) is 11.3. The van der Waals surface area contributed by atoms with Gasteiger partial charge >= 0.3 is 6.09 Å². The predicted octanol–water partition coefficient (Wildman–Crippen LogP) is 4.57. The van der Waals surface area contributed by atoms with Gasteiger partial charge in [0.2, 0.25) is 0 Å². The van der Waals surface area contributed by atoms with Crippen molar-refractivity contribution in [2.45, 2.75) is 18.9 Å². The Balaban J connectivity index is 1.65. The zero-order valence-electron chi connectivity index (χ0n) is 18.8. The average Bonchev–Trinajstić information content (AvgIpc) is 3.21. The normalized spacial score (nSPS) is 14.3. The summed E-state index contributed by atoms with van der Waals surface area (Å²) in [5.74, 6) is 0.610. The number of hydrogen-bond donors (Lipinski definition) is 5. The Bertz CT molecular complexity index is 1390. The molecule has 1 aromatic heterocycles. The van der Waals surface area contributed by atoms with Gasteiger partial charge in [-0.25, -0.2) is 4.79 Å². The Morgan fingerprint density at radius 1 is 1.00 bits per heavy atom. The van der Waals surface area contributed by atoms with E-state index >= 15 is 0 Å². The summed E-state index contributed by atoms with van der Waals surface area (Å²) in [6.45, 7) is 1.77. The van der Waals surface area contributed by atoms with E-state index in [4.69, 9.17) is 9.84 Å². The first kappa shape index (κ1) is 21.8. The second kappa shape index (κ2) is 9.07. The number of carbonyl (C=O) groups is 2. The van der Waals surface area contributed by atoms with Crippen LogP contribution in [0.15, 0.2) is 54.6 Å². The van der Waals surface area contributed by atoms with Crippen LogP contribution in [0.4, 0.5) is 10.5 Å². The monoisotopic (exact) mass is 458 g/mol. The van der Waals surface area contributed by atoms with E-state index in [0.717, 1.165) is 64.6 Å². The highest BCUT2D eigenvalue weighted by molar-refractivity contribution is 6.17. The summed E-state index contributed by atoms with van der Waals surface area (Å²) in [5, 5.41) is 19.8. The van der Waals surface area contributed by atoms with Crippen molar-refractivity contribution in [1.29, 1.82) is 0 Å². The lowest BCUT2D eigenvalue weighted by Crippen LogP contribution is -2.42. The third-order valence-corrected chi connectivity index (χ3v) is 6.28. The van der Waals surface area contributed by atoms with Gasteiger partial charge < -0.3 is 25.5 Å². The number of fused-ring (bicyclic) bond motifs is 3. The lowest BCUT2D eigenvalue weighted by molar-refractivity contribution is 0.0931. The summed E-state index contributed by atoms with van der Waals surface area (Å²) < 4.78 is 5.40. The van der Waals surface area contributed by atoms with Crippen molar-refractivity contribution in [2.24, 2.45) is 0 Å². The van der Waals surface area contributed by atoms with E-state index in [2.05, 4.69) is 27.0 Å². The molecule has 174 valence electrons. The fourth-order valence-electron chi connectivity index (χ4n) is 4.59. The summed E-state index contributed by atoms with van der Waals surface area (Å²) in [6.07, 6.45) is 0.653. The Morgan fingerprint density at radius 2 is 1.82 bits per heavy atom. The zero-order chi connectivity index (χ0) is 23.7. The Morgan fingerprint density at radius 3 is 2.59 bits per heavy atom. The maximum Gasteiger partial charge on any atom is 0.409 e. The number of aromatic nitrogens is 1. The minimum Gasteiger partial charge on any atom is -0.497 e. The standard InChI is InChI=1S/C26H26N4O4/c1-34-19-4-2-3-15(11-19)16-12-21-20-6-5-18(29-26(32)33)14-23(20)30-24(21)22(13-16)25(31)28-17-7-9-27-10-8-17/h2-6,11-14,17,27,29-30H,7-10H2,1H3,(H,28,31)(H,32,33). The Labute approximate surface area is 196 Å². The van der Waals surface area contributed by atoms with Crippen molar-refractivity contribution < 1.29 is 19.4 Å². The van der Waals surface area contributed by atoms with Gasteiger partial charge in [-0.2, -0.15) is 0 Å². The van der Waals surface area contributed by atoms with Crippen molar-refractivity contribution >= 4 is 39.5 Å². The molecule has 1 saturated heterocycles. The van der Waals surface area contributed by atoms with E-state index in [1.807, 2.05) is 36.4 Å². The fraction of sp³-hybridized carbons (Fsp3) is 0.231. The summed E-state index contributed by atoms with van der Waals surface area (Å²) in [6, 6.07) is 17.1. The second-order valence-electron chi connectivity index (χ2n) is 8.49. The van der Waals surface area contributed by atoms with Crippen LogP contribution >= 0.6 is 0 Å². The molecular weight excluding hydrogens is 432 g/mol. The minimum atomic E-state index is -1.13. The molecule has 1 aliphatic heterocycles. The molecule has 8 nitrogen and oxygen atoms in total. The number of rotatable bonds is 5. The molecule has 1 fully saturated rings. The lowest BCUT2D eigenvalue weighted by Gasteiger charge is -2.24. The number of carbonyl (C=O) groups excluding carboxylic acids is 1. The molecule has 0 spiro atoms. The third kappa shape index (κ3) is 4.27. The molecule has 2 heterocycles. The van der Waals surface area contributed by atoms with Crippen LogP contribution in [-0.4, -0.2) is 48.3 Å². The highest BCUT2D eigenvalue weighted by Crippen LogP contribution is 2.35. The van der Waals surface area contributed by atoms with Crippen LogP contribution in [0.3, 0.4) is 0 Å². The number of anilines is 1. The van der Waals surface area contributed by atoms with Crippen molar-refractivity contribution in [3.63, 3.8) is 0 Å². The smallest absolute Gasteiger partial charge is 0.409 e. The van der Waals surface area contributed by atoms with Gasteiger partial charge in [-0.3, -0.25) is 10.1 Å². The number of aromatic amines is 1. The van der Waals surface area contributed by atoms with E-state index in [-0.39, 0.29) is 11.9 Å². The van der Waals surface area contributed by atoms with Crippen LogP contribution in [0.2, 0.25) is 0 Å². The first-order valence-electron chi connectivity index (χ1n) is 11.3. The van der Waals surface area contributed by atoms with Crippen molar-refractivity contribution in [3.8, 4) is 16.9 Å². The Hall–Kier alpha value is -4.04. The molecule has 2 amide bonds. The van der Waals surface area contributed by atoms with Crippen LogP contribution < -0.4 is 20.7 Å². The Kier molecular flexibility index (Phi) is 5.81. The molecule has 0 aliphatic carbocycles. The molecule has 8 heteroatoms. The number of H-pyrrole nitrogens is 1. The molecular formula is C26H26N4O4. The first-order chi connectivity index (χ1) is 16.5. The number of nitrogens with one attached hydrogen (secondary N) is 4. The molecule has 1 aliphatic rings. The summed E-state index contributed by atoms with van der Waals surface area (Å²) in [5.41, 5.74) is 4.32. The van der Waals surface area contributed by atoms with E-state index in [0.29, 0.717) is 11.3 Å². The van der Waals surface area contributed by atoms with Gasteiger partial charge in [-0.05, 0) is 73.5 Å². The van der Waals surface area contributed by atoms with Gasteiger partial charge in [0.1, 0.15) is 5.75 Å². The molecule has 0 saturated carbocycles. The molecule has 0 radical (unpaired) electrons. The summed E-state index contributed by atoms with van der Waals surface area (Å²) in [4.78, 5) is 27.9. The number of carboxylic acid groups (broad SMARTS) is 1.